The van der Waals surface area contributed by atoms with Crippen LogP contribution in [-0.2, 0) is 0 Å². The number of allylic oxidation sites excluding steroid dienone is 1. The van der Waals surface area contributed by atoms with Gasteiger partial charge in [-0.25, -0.2) is 0 Å². The van der Waals surface area contributed by atoms with Crippen LogP contribution in [-0.4, -0.2) is 25.0 Å². The number of hydrogen-bond donors (Lipinski definition) is 0. The molecule has 66 valence electrons. The highest BCUT2D eigenvalue weighted by Gasteiger charge is 2.07. The van der Waals surface area contributed by atoms with Crippen molar-refractivity contribution < 1.29 is 0 Å². The number of hydrogen-bond acceptors (Lipinski definition) is 1. The summed E-state index contributed by atoms with van der Waals surface area (Å²) in [5.41, 5.74) is 0. The third-order valence-corrected chi connectivity index (χ3v) is 2.06. The molecule has 0 aromatic carbocycles. The van der Waals surface area contributed by atoms with Crippen LogP contribution >= 0.6 is 0 Å². The Bertz CT molecular complexity index is 97.0. The highest BCUT2D eigenvalue weighted by atomic mass is 15.1. The summed E-state index contributed by atoms with van der Waals surface area (Å²) >= 11 is 0. The zero-order valence-electron chi connectivity index (χ0n) is 8.14. The highest BCUT2D eigenvalue weighted by Crippen LogP contribution is 2.09. The standard InChI is InChI=1S/C10H21N/c1-5-7-9-10(8-6-2)11(3)4/h5,10H,1,6-9H2,2-4H3. The van der Waals surface area contributed by atoms with Gasteiger partial charge in [-0.05, 0) is 33.4 Å². The first-order chi connectivity index (χ1) is 5.22. The van der Waals surface area contributed by atoms with Gasteiger partial charge in [0.25, 0.3) is 0 Å². The summed E-state index contributed by atoms with van der Waals surface area (Å²) in [7, 11) is 4.31. The second-order valence-electron chi connectivity index (χ2n) is 3.27. The van der Waals surface area contributed by atoms with Crippen LogP contribution < -0.4 is 0 Å². The van der Waals surface area contributed by atoms with Crippen LogP contribution in [0.2, 0.25) is 0 Å². The van der Waals surface area contributed by atoms with E-state index in [1.807, 2.05) is 6.08 Å². The minimum absolute atomic E-state index is 0.748. The third-order valence-electron chi connectivity index (χ3n) is 2.06. The Morgan fingerprint density at radius 2 is 2.00 bits per heavy atom. The van der Waals surface area contributed by atoms with Crippen LogP contribution in [0.15, 0.2) is 12.7 Å². The monoisotopic (exact) mass is 155 g/mol. The molecule has 0 aromatic heterocycles. The summed E-state index contributed by atoms with van der Waals surface area (Å²) in [5.74, 6) is 0. The Morgan fingerprint density at radius 1 is 1.36 bits per heavy atom. The fraction of sp³-hybridized carbons (Fsp3) is 0.800. The average molecular weight is 155 g/mol. The lowest BCUT2D eigenvalue weighted by molar-refractivity contribution is 0.263. The quantitative estimate of drug-likeness (QED) is 0.533. The first kappa shape index (κ1) is 10.7. The lowest BCUT2D eigenvalue weighted by atomic mass is 10.1. The van der Waals surface area contributed by atoms with Crippen molar-refractivity contribution in [2.75, 3.05) is 14.1 Å². The Kier molecular flexibility index (Phi) is 6.24. The maximum atomic E-state index is 3.73. The van der Waals surface area contributed by atoms with E-state index in [0.717, 1.165) is 12.5 Å². The minimum atomic E-state index is 0.748. The van der Waals surface area contributed by atoms with E-state index >= 15 is 0 Å². The van der Waals surface area contributed by atoms with Gasteiger partial charge in [-0.3, -0.25) is 0 Å². The van der Waals surface area contributed by atoms with Crippen molar-refractivity contribution in [2.45, 2.75) is 38.6 Å². The summed E-state index contributed by atoms with van der Waals surface area (Å²) in [6, 6.07) is 0.748. The van der Waals surface area contributed by atoms with Crippen molar-refractivity contribution in [2.24, 2.45) is 0 Å². The first-order valence-electron chi connectivity index (χ1n) is 4.49. The van der Waals surface area contributed by atoms with Gasteiger partial charge in [0.15, 0.2) is 0 Å². The molecular formula is C10H21N. The predicted molar refractivity (Wildman–Crippen MR) is 51.8 cm³/mol. The summed E-state index contributed by atoms with van der Waals surface area (Å²) < 4.78 is 0. The molecule has 0 rings (SSSR count). The van der Waals surface area contributed by atoms with Crippen LogP contribution in [0.25, 0.3) is 0 Å². The Balaban J connectivity index is 3.59. The molecule has 0 fully saturated rings. The number of rotatable bonds is 6. The fourth-order valence-corrected chi connectivity index (χ4v) is 1.30. The van der Waals surface area contributed by atoms with Gasteiger partial charge >= 0.3 is 0 Å². The molecule has 0 N–H and O–H groups in total. The molecule has 0 heterocycles. The smallest absolute Gasteiger partial charge is 0.00920 e. The molecule has 0 radical (unpaired) electrons. The molecule has 0 bridgehead atoms. The van der Waals surface area contributed by atoms with Crippen LogP contribution in [0.3, 0.4) is 0 Å². The molecule has 1 nitrogen and oxygen atoms in total. The van der Waals surface area contributed by atoms with E-state index in [2.05, 4.69) is 32.5 Å². The molecule has 11 heavy (non-hydrogen) atoms. The Hall–Kier alpha value is -0.300. The van der Waals surface area contributed by atoms with E-state index in [1.165, 1.54) is 19.3 Å². The maximum Gasteiger partial charge on any atom is 0.00920 e. The molecule has 0 aromatic rings. The van der Waals surface area contributed by atoms with Gasteiger partial charge in [0.2, 0.25) is 0 Å². The highest BCUT2D eigenvalue weighted by molar-refractivity contribution is 4.73. The zero-order valence-corrected chi connectivity index (χ0v) is 8.14. The summed E-state index contributed by atoms with van der Waals surface area (Å²) in [6.07, 6.45) is 6.99. The van der Waals surface area contributed by atoms with Gasteiger partial charge in [0.05, 0.1) is 0 Å². The first-order valence-corrected chi connectivity index (χ1v) is 4.49. The van der Waals surface area contributed by atoms with Crippen LogP contribution in [0.4, 0.5) is 0 Å². The largest absolute Gasteiger partial charge is 0.306 e. The lowest BCUT2D eigenvalue weighted by Gasteiger charge is -2.23. The molecule has 0 amide bonds. The van der Waals surface area contributed by atoms with Crippen LogP contribution in [0.1, 0.15) is 32.6 Å². The minimum Gasteiger partial charge on any atom is -0.306 e. The molecule has 1 heteroatoms. The topological polar surface area (TPSA) is 3.24 Å². The normalized spacial score (nSPS) is 13.5. The summed E-state index contributed by atoms with van der Waals surface area (Å²) in [5, 5.41) is 0. The molecule has 0 aliphatic carbocycles. The van der Waals surface area contributed by atoms with E-state index in [1.54, 1.807) is 0 Å². The van der Waals surface area contributed by atoms with Gasteiger partial charge in [-0.1, -0.05) is 19.4 Å². The van der Waals surface area contributed by atoms with Crippen LogP contribution in [0.5, 0.6) is 0 Å². The molecule has 0 spiro atoms. The second-order valence-corrected chi connectivity index (χ2v) is 3.27. The summed E-state index contributed by atoms with van der Waals surface area (Å²) in [6.45, 7) is 5.97. The van der Waals surface area contributed by atoms with Crippen LogP contribution in [0, 0.1) is 0 Å². The van der Waals surface area contributed by atoms with Gasteiger partial charge in [-0.15, -0.1) is 6.58 Å². The molecule has 1 unspecified atom stereocenters. The Labute approximate surface area is 71.1 Å². The third kappa shape index (κ3) is 5.02. The van der Waals surface area contributed by atoms with E-state index in [9.17, 15) is 0 Å². The average Bonchev–Trinajstić information content (AvgIpc) is 1.97. The van der Waals surface area contributed by atoms with Crippen molar-refractivity contribution in [3.8, 4) is 0 Å². The van der Waals surface area contributed by atoms with Crippen molar-refractivity contribution in [3.05, 3.63) is 12.7 Å². The Morgan fingerprint density at radius 3 is 2.36 bits per heavy atom. The van der Waals surface area contributed by atoms with Gasteiger partial charge in [0, 0.05) is 6.04 Å². The van der Waals surface area contributed by atoms with E-state index in [-0.39, 0.29) is 0 Å². The van der Waals surface area contributed by atoms with Crippen molar-refractivity contribution in [3.63, 3.8) is 0 Å². The van der Waals surface area contributed by atoms with Crippen molar-refractivity contribution >= 4 is 0 Å². The molecule has 1 atom stereocenters. The SMILES string of the molecule is C=CCCC(CCC)N(C)C. The van der Waals surface area contributed by atoms with E-state index in [0.29, 0.717) is 0 Å². The maximum absolute atomic E-state index is 3.73. The van der Waals surface area contributed by atoms with Gasteiger partial charge in [-0.2, -0.15) is 0 Å². The summed E-state index contributed by atoms with van der Waals surface area (Å²) in [4.78, 5) is 2.31. The van der Waals surface area contributed by atoms with E-state index < -0.39 is 0 Å². The number of nitrogens with zero attached hydrogens (tertiary/aromatic N) is 1. The lowest BCUT2D eigenvalue weighted by Crippen LogP contribution is -2.27. The van der Waals surface area contributed by atoms with Crippen molar-refractivity contribution in [1.82, 2.24) is 4.90 Å². The van der Waals surface area contributed by atoms with Crippen molar-refractivity contribution in [1.29, 1.82) is 0 Å². The second kappa shape index (κ2) is 6.41. The van der Waals surface area contributed by atoms with E-state index in [4.69, 9.17) is 0 Å². The predicted octanol–water partition coefficient (Wildman–Crippen LogP) is 2.68. The fourth-order valence-electron chi connectivity index (χ4n) is 1.30. The molecular weight excluding hydrogens is 134 g/mol. The zero-order chi connectivity index (χ0) is 8.69. The molecule has 0 aliphatic heterocycles. The van der Waals surface area contributed by atoms with Gasteiger partial charge in [0.1, 0.15) is 0 Å². The van der Waals surface area contributed by atoms with Gasteiger partial charge < -0.3 is 4.90 Å². The molecule has 0 saturated heterocycles. The molecule has 0 aliphatic rings. The molecule has 0 saturated carbocycles.